The summed E-state index contributed by atoms with van der Waals surface area (Å²) >= 11 is 1.47. The lowest BCUT2D eigenvalue weighted by Gasteiger charge is -2.50. The largest absolute Gasteiger partial charge is 0.489 e. The third kappa shape index (κ3) is 5.56. The van der Waals surface area contributed by atoms with Crippen LogP contribution in [0.25, 0.3) is 0 Å². The van der Waals surface area contributed by atoms with Gasteiger partial charge in [0.2, 0.25) is 5.91 Å². The summed E-state index contributed by atoms with van der Waals surface area (Å²) in [4.78, 5) is 27.7. The minimum Gasteiger partial charge on any atom is -0.489 e. The number of methoxy groups -OCH3 is 1. The quantitative estimate of drug-likeness (QED) is 0.303. The fourth-order valence-electron chi connectivity index (χ4n) is 4.33. The standard InChI is InChI=1S/C28H30N2O5S/c1-34-28(33)25(21-13-15-22(16-14-21)35-18-19-9-5-3-6-10-19)30-26(32)24(27(30)36-2)29-23(17-31)20-11-7-4-8-12-20/h3-16,23-25,27,29,31H,17-18H2,1-2H3/t23-,24?,25-,27?/m1/s1. The van der Waals surface area contributed by atoms with E-state index < -0.39 is 24.1 Å². The van der Waals surface area contributed by atoms with Gasteiger partial charge in [0.25, 0.3) is 0 Å². The molecule has 2 N–H and O–H groups in total. The maximum absolute atomic E-state index is 13.3. The predicted molar refractivity (Wildman–Crippen MR) is 139 cm³/mol. The molecule has 8 heteroatoms. The molecule has 1 heterocycles. The Morgan fingerprint density at radius 3 is 2.22 bits per heavy atom. The molecule has 36 heavy (non-hydrogen) atoms. The molecule has 0 aliphatic carbocycles. The van der Waals surface area contributed by atoms with Crippen molar-refractivity contribution < 1.29 is 24.2 Å². The molecular weight excluding hydrogens is 476 g/mol. The molecular formula is C28H30N2O5S. The number of esters is 1. The van der Waals surface area contributed by atoms with Crippen molar-refractivity contribution in [3.05, 3.63) is 102 Å². The van der Waals surface area contributed by atoms with E-state index in [1.807, 2.05) is 66.9 Å². The normalized spacial score (nSPS) is 18.8. The lowest BCUT2D eigenvalue weighted by molar-refractivity contribution is -0.163. The van der Waals surface area contributed by atoms with E-state index >= 15 is 0 Å². The second kappa shape index (κ2) is 12.1. The molecule has 0 aromatic heterocycles. The monoisotopic (exact) mass is 506 g/mol. The Kier molecular flexibility index (Phi) is 8.64. The van der Waals surface area contributed by atoms with Gasteiger partial charge >= 0.3 is 5.97 Å². The van der Waals surface area contributed by atoms with Crippen LogP contribution in [0.2, 0.25) is 0 Å². The summed E-state index contributed by atoms with van der Waals surface area (Å²) < 4.78 is 10.9. The topological polar surface area (TPSA) is 88.1 Å². The van der Waals surface area contributed by atoms with E-state index in [1.165, 1.54) is 18.9 Å². The fourth-order valence-corrected chi connectivity index (χ4v) is 5.25. The van der Waals surface area contributed by atoms with E-state index in [9.17, 15) is 14.7 Å². The number of nitrogens with zero attached hydrogens (tertiary/aromatic N) is 1. The summed E-state index contributed by atoms with van der Waals surface area (Å²) in [6, 6.07) is 24.7. The van der Waals surface area contributed by atoms with Gasteiger partial charge < -0.3 is 19.5 Å². The van der Waals surface area contributed by atoms with Crippen molar-refractivity contribution in [3.63, 3.8) is 0 Å². The molecule has 3 aromatic rings. The Balaban J connectivity index is 1.49. The fraction of sp³-hybridized carbons (Fsp3) is 0.286. The second-order valence-electron chi connectivity index (χ2n) is 8.43. The van der Waals surface area contributed by atoms with Crippen molar-refractivity contribution in [3.8, 4) is 5.75 Å². The van der Waals surface area contributed by atoms with E-state index in [4.69, 9.17) is 9.47 Å². The average molecular weight is 507 g/mol. The number of likely N-dealkylation sites (tertiary alicyclic amines) is 1. The number of carbonyl (C=O) groups is 2. The Morgan fingerprint density at radius 2 is 1.64 bits per heavy atom. The van der Waals surface area contributed by atoms with Gasteiger partial charge in [-0.3, -0.25) is 10.1 Å². The molecule has 0 saturated carbocycles. The summed E-state index contributed by atoms with van der Waals surface area (Å²) in [6.45, 7) is 0.278. The van der Waals surface area contributed by atoms with E-state index in [0.29, 0.717) is 17.9 Å². The molecule has 4 atom stereocenters. The number of thioether (sulfide) groups is 1. The van der Waals surface area contributed by atoms with Crippen molar-refractivity contribution in [2.45, 2.75) is 30.1 Å². The SMILES string of the molecule is COC(=O)[C@@H](c1ccc(OCc2ccccc2)cc1)N1C(=O)C(N[C@H](CO)c2ccccc2)C1SC. The maximum atomic E-state index is 13.3. The zero-order chi connectivity index (χ0) is 25.5. The first-order valence-electron chi connectivity index (χ1n) is 11.7. The number of β-lactam (4-membered cyclic amide) rings is 1. The van der Waals surface area contributed by atoms with Gasteiger partial charge in [0.15, 0.2) is 6.04 Å². The summed E-state index contributed by atoms with van der Waals surface area (Å²) in [7, 11) is 1.32. The second-order valence-corrected chi connectivity index (χ2v) is 9.39. The first-order valence-corrected chi connectivity index (χ1v) is 13.0. The van der Waals surface area contributed by atoms with Crippen molar-refractivity contribution in [1.82, 2.24) is 10.2 Å². The summed E-state index contributed by atoms with van der Waals surface area (Å²) in [5.74, 6) is -0.0696. The van der Waals surface area contributed by atoms with Gasteiger partial charge in [0.1, 0.15) is 23.8 Å². The molecule has 7 nitrogen and oxygen atoms in total. The lowest BCUT2D eigenvalue weighted by atomic mass is 9.96. The van der Waals surface area contributed by atoms with Crippen LogP contribution in [0.15, 0.2) is 84.9 Å². The van der Waals surface area contributed by atoms with Crippen molar-refractivity contribution >= 4 is 23.6 Å². The third-order valence-electron chi connectivity index (χ3n) is 6.23. The van der Waals surface area contributed by atoms with Gasteiger partial charge in [-0.2, -0.15) is 0 Å². The van der Waals surface area contributed by atoms with E-state index in [0.717, 1.165) is 11.1 Å². The van der Waals surface area contributed by atoms with Crippen LogP contribution in [0, 0.1) is 0 Å². The van der Waals surface area contributed by atoms with E-state index in [2.05, 4.69) is 5.32 Å². The summed E-state index contributed by atoms with van der Waals surface area (Å²) in [5.41, 5.74) is 2.58. The molecule has 1 amide bonds. The van der Waals surface area contributed by atoms with Crippen LogP contribution in [-0.2, 0) is 20.9 Å². The maximum Gasteiger partial charge on any atom is 0.333 e. The molecule has 1 saturated heterocycles. The van der Waals surface area contributed by atoms with Gasteiger partial charge in [0, 0.05) is 0 Å². The highest BCUT2D eigenvalue weighted by Crippen LogP contribution is 2.39. The van der Waals surface area contributed by atoms with Crippen LogP contribution in [0.4, 0.5) is 0 Å². The van der Waals surface area contributed by atoms with Crippen LogP contribution in [-0.4, -0.2) is 53.3 Å². The van der Waals surface area contributed by atoms with E-state index in [1.54, 1.807) is 29.2 Å². The molecule has 4 rings (SSSR count). The van der Waals surface area contributed by atoms with E-state index in [-0.39, 0.29) is 17.9 Å². The molecule has 1 fully saturated rings. The van der Waals surface area contributed by atoms with Gasteiger partial charge in [-0.15, -0.1) is 11.8 Å². The van der Waals surface area contributed by atoms with Gasteiger partial charge in [-0.05, 0) is 35.1 Å². The number of ether oxygens (including phenoxy) is 2. The zero-order valence-corrected chi connectivity index (χ0v) is 21.1. The third-order valence-corrected chi connectivity index (χ3v) is 7.22. The molecule has 0 bridgehead atoms. The van der Waals surface area contributed by atoms with Crippen LogP contribution in [0.3, 0.4) is 0 Å². The smallest absolute Gasteiger partial charge is 0.333 e. The zero-order valence-electron chi connectivity index (χ0n) is 20.2. The summed E-state index contributed by atoms with van der Waals surface area (Å²) in [6.07, 6.45) is 1.89. The lowest BCUT2D eigenvalue weighted by Crippen LogP contribution is -2.70. The van der Waals surface area contributed by atoms with Crippen LogP contribution in [0.1, 0.15) is 28.8 Å². The van der Waals surface area contributed by atoms with Gasteiger partial charge in [-0.25, -0.2) is 4.79 Å². The number of benzene rings is 3. The van der Waals surface area contributed by atoms with Gasteiger partial charge in [0.05, 0.1) is 19.8 Å². The Morgan fingerprint density at radius 1 is 1.00 bits per heavy atom. The molecule has 2 unspecified atom stereocenters. The highest BCUT2D eigenvalue weighted by Gasteiger charge is 2.53. The molecule has 1 aliphatic rings. The number of aliphatic hydroxyl groups is 1. The number of hydrogen-bond acceptors (Lipinski definition) is 7. The van der Waals surface area contributed by atoms with Crippen LogP contribution >= 0.6 is 11.8 Å². The predicted octanol–water partition coefficient (Wildman–Crippen LogP) is 3.70. The molecule has 3 aromatic carbocycles. The number of hydrogen-bond donors (Lipinski definition) is 2. The van der Waals surface area contributed by atoms with Crippen molar-refractivity contribution in [1.29, 1.82) is 0 Å². The molecule has 0 spiro atoms. The first kappa shape index (κ1) is 25.8. The summed E-state index contributed by atoms with van der Waals surface area (Å²) in [5, 5.41) is 12.9. The number of aliphatic hydroxyl groups excluding tert-OH is 1. The Labute approximate surface area is 215 Å². The number of rotatable bonds is 11. The highest BCUT2D eigenvalue weighted by atomic mass is 32.2. The highest BCUT2D eigenvalue weighted by molar-refractivity contribution is 7.99. The Hall–Kier alpha value is -3.33. The first-order chi connectivity index (χ1) is 17.6. The van der Waals surface area contributed by atoms with Crippen LogP contribution < -0.4 is 10.1 Å². The molecule has 1 aliphatic heterocycles. The number of carbonyl (C=O) groups excluding carboxylic acids is 2. The van der Waals surface area contributed by atoms with Crippen molar-refractivity contribution in [2.24, 2.45) is 0 Å². The van der Waals surface area contributed by atoms with Gasteiger partial charge in [-0.1, -0.05) is 72.8 Å². The molecule has 0 radical (unpaired) electrons. The minimum atomic E-state index is -0.884. The number of amides is 1. The average Bonchev–Trinajstić information content (AvgIpc) is 2.94. The number of nitrogens with one attached hydrogen (secondary N) is 1. The Bertz CT molecular complexity index is 1140. The van der Waals surface area contributed by atoms with Crippen LogP contribution in [0.5, 0.6) is 5.75 Å². The minimum absolute atomic E-state index is 0.153. The van der Waals surface area contributed by atoms with Crippen molar-refractivity contribution in [2.75, 3.05) is 20.0 Å². The molecule has 188 valence electrons.